The van der Waals surface area contributed by atoms with Crippen LogP contribution in [0.25, 0.3) is 0 Å². The third-order valence-corrected chi connectivity index (χ3v) is 1.71. The second-order valence-corrected chi connectivity index (χ2v) is 2.48. The van der Waals surface area contributed by atoms with Gasteiger partial charge in [0, 0.05) is 6.04 Å². The summed E-state index contributed by atoms with van der Waals surface area (Å²) in [4.78, 5) is 4.52. The van der Waals surface area contributed by atoms with E-state index in [-0.39, 0.29) is 0 Å². The van der Waals surface area contributed by atoms with E-state index < -0.39 is 0 Å². The van der Waals surface area contributed by atoms with Gasteiger partial charge in [0.15, 0.2) is 0 Å². The van der Waals surface area contributed by atoms with Gasteiger partial charge in [0.2, 0.25) is 0 Å². The van der Waals surface area contributed by atoms with E-state index in [2.05, 4.69) is 10.2 Å². The smallest absolute Gasteiger partial charge is 0.0832 e. The van der Waals surface area contributed by atoms with Crippen molar-refractivity contribution in [2.45, 2.75) is 25.3 Å². The molecule has 1 fully saturated rings. The van der Waals surface area contributed by atoms with Gasteiger partial charge in [0.1, 0.15) is 0 Å². The highest BCUT2D eigenvalue weighted by atomic mass is 16.6. The summed E-state index contributed by atoms with van der Waals surface area (Å²) >= 11 is 0. The van der Waals surface area contributed by atoms with Crippen LogP contribution in [0, 0.1) is 0 Å². The van der Waals surface area contributed by atoms with Crippen LogP contribution in [0.15, 0.2) is 0 Å². The first-order chi connectivity index (χ1) is 4.43. The van der Waals surface area contributed by atoms with E-state index >= 15 is 0 Å². The van der Waals surface area contributed by atoms with Crippen LogP contribution in [-0.4, -0.2) is 19.2 Å². The predicted molar refractivity (Wildman–Crippen MR) is 35.8 cm³/mol. The first kappa shape index (κ1) is 6.99. The van der Waals surface area contributed by atoms with E-state index in [0.717, 1.165) is 6.54 Å². The Morgan fingerprint density at radius 1 is 1.56 bits per heavy atom. The second kappa shape index (κ2) is 3.82. The highest BCUT2D eigenvalue weighted by Crippen LogP contribution is 2.05. The Labute approximate surface area is 55.5 Å². The summed E-state index contributed by atoms with van der Waals surface area (Å²) in [6.07, 6.45) is 3.80. The minimum atomic E-state index is 0.503. The largest absolute Gasteiger partial charge is 0.312 e. The Hall–Kier alpha value is -0.120. The van der Waals surface area contributed by atoms with Gasteiger partial charge in [0.05, 0.1) is 6.61 Å². The Morgan fingerprint density at radius 3 is 3.00 bits per heavy atom. The van der Waals surface area contributed by atoms with E-state index in [1.54, 1.807) is 0 Å². The van der Waals surface area contributed by atoms with Gasteiger partial charge in [-0.05, 0) is 19.4 Å². The standard InChI is InChI=1S/C6H14N2O/c7-9-5-6-3-1-2-4-8-6/h6,8H,1-5,7H2. The van der Waals surface area contributed by atoms with Gasteiger partial charge in [-0.3, -0.25) is 0 Å². The van der Waals surface area contributed by atoms with Crippen molar-refractivity contribution in [2.75, 3.05) is 13.2 Å². The molecule has 1 aliphatic rings. The summed E-state index contributed by atoms with van der Waals surface area (Å²) in [5, 5.41) is 3.32. The summed E-state index contributed by atoms with van der Waals surface area (Å²) < 4.78 is 0. The molecule has 3 heteroatoms. The van der Waals surface area contributed by atoms with E-state index in [1.807, 2.05) is 0 Å². The van der Waals surface area contributed by atoms with Crippen LogP contribution >= 0.6 is 0 Å². The van der Waals surface area contributed by atoms with Crippen LogP contribution in [-0.2, 0) is 4.84 Å². The highest BCUT2D eigenvalue weighted by molar-refractivity contribution is 4.70. The van der Waals surface area contributed by atoms with E-state index in [0.29, 0.717) is 12.6 Å². The summed E-state index contributed by atoms with van der Waals surface area (Å²) in [7, 11) is 0. The van der Waals surface area contributed by atoms with Crippen LogP contribution in [0.4, 0.5) is 0 Å². The molecule has 1 saturated heterocycles. The van der Waals surface area contributed by atoms with E-state index in [4.69, 9.17) is 5.90 Å². The molecule has 0 aliphatic carbocycles. The summed E-state index contributed by atoms with van der Waals surface area (Å²) in [5.41, 5.74) is 0. The lowest BCUT2D eigenvalue weighted by molar-refractivity contribution is 0.105. The number of nitrogens with two attached hydrogens (primary N) is 1. The molecule has 0 bridgehead atoms. The number of rotatable bonds is 2. The van der Waals surface area contributed by atoms with Crippen molar-refractivity contribution in [3.8, 4) is 0 Å². The monoisotopic (exact) mass is 130 g/mol. The maximum atomic E-state index is 4.92. The first-order valence-electron chi connectivity index (χ1n) is 3.48. The zero-order chi connectivity index (χ0) is 6.53. The molecule has 0 saturated carbocycles. The summed E-state index contributed by atoms with van der Waals surface area (Å²) in [6.45, 7) is 1.77. The second-order valence-electron chi connectivity index (χ2n) is 2.48. The van der Waals surface area contributed by atoms with Gasteiger partial charge in [-0.25, -0.2) is 5.90 Å². The summed E-state index contributed by atoms with van der Waals surface area (Å²) in [5.74, 6) is 4.92. The lowest BCUT2D eigenvalue weighted by Crippen LogP contribution is -2.38. The minimum Gasteiger partial charge on any atom is -0.312 e. The first-order valence-corrected chi connectivity index (χ1v) is 3.48. The molecule has 3 nitrogen and oxygen atoms in total. The van der Waals surface area contributed by atoms with Gasteiger partial charge >= 0.3 is 0 Å². The third-order valence-electron chi connectivity index (χ3n) is 1.71. The summed E-state index contributed by atoms with van der Waals surface area (Å²) in [6, 6.07) is 0.503. The van der Waals surface area contributed by atoms with Crippen molar-refractivity contribution in [1.29, 1.82) is 0 Å². The molecule has 0 amide bonds. The molecule has 1 rings (SSSR count). The molecule has 1 atom stereocenters. The molecule has 9 heavy (non-hydrogen) atoms. The molecule has 54 valence electrons. The van der Waals surface area contributed by atoms with Gasteiger partial charge in [-0.2, -0.15) is 0 Å². The third kappa shape index (κ3) is 2.30. The average molecular weight is 130 g/mol. The molecule has 1 unspecified atom stereocenters. The average Bonchev–Trinajstić information content (AvgIpc) is 1.91. The fourth-order valence-corrected chi connectivity index (χ4v) is 1.18. The van der Waals surface area contributed by atoms with Crippen molar-refractivity contribution in [3.05, 3.63) is 0 Å². The van der Waals surface area contributed by atoms with Crippen LogP contribution < -0.4 is 11.2 Å². The number of nitrogens with one attached hydrogen (secondary N) is 1. The zero-order valence-corrected chi connectivity index (χ0v) is 5.60. The van der Waals surface area contributed by atoms with Crippen LogP contribution in [0.1, 0.15) is 19.3 Å². The molecular formula is C6H14N2O. The van der Waals surface area contributed by atoms with Crippen molar-refractivity contribution in [3.63, 3.8) is 0 Å². The number of piperidine rings is 1. The lowest BCUT2D eigenvalue weighted by atomic mass is 10.1. The molecule has 1 heterocycles. The fraction of sp³-hybridized carbons (Fsp3) is 1.00. The van der Waals surface area contributed by atoms with E-state index in [1.165, 1.54) is 19.3 Å². The molecule has 0 spiro atoms. The molecule has 3 N–H and O–H groups in total. The van der Waals surface area contributed by atoms with Gasteiger partial charge in [-0.1, -0.05) is 6.42 Å². The van der Waals surface area contributed by atoms with Crippen molar-refractivity contribution in [1.82, 2.24) is 5.32 Å². The van der Waals surface area contributed by atoms with Crippen LogP contribution in [0.2, 0.25) is 0 Å². The SMILES string of the molecule is NOCC1CCCCN1. The maximum Gasteiger partial charge on any atom is 0.0832 e. The maximum absolute atomic E-state index is 4.92. The molecular weight excluding hydrogens is 116 g/mol. The Morgan fingerprint density at radius 2 is 2.44 bits per heavy atom. The van der Waals surface area contributed by atoms with Crippen LogP contribution in [0.5, 0.6) is 0 Å². The number of hydrogen-bond donors (Lipinski definition) is 2. The topological polar surface area (TPSA) is 47.3 Å². The van der Waals surface area contributed by atoms with Crippen molar-refractivity contribution in [2.24, 2.45) is 5.90 Å². The Kier molecular flexibility index (Phi) is 2.97. The molecule has 0 aromatic heterocycles. The minimum absolute atomic E-state index is 0.503. The molecule has 0 aromatic carbocycles. The normalized spacial score (nSPS) is 28.3. The van der Waals surface area contributed by atoms with Gasteiger partial charge in [-0.15, -0.1) is 0 Å². The quantitative estimate of drug-likeness (QED) is 0.518. The Balaban J connectivity index is 2.08. The highest BCUT2D eigenvalue weighted by Gasteiger charge is 2.10. The van der Waals surface area contributed by atoms with Gasteiger partial charge < -0.3 is 10.2 Å². The van der Waals surface area contributed by atoms with Crippen molar-refractivity contribution < 1.29 is 4.84 Å². The molecule has 0 aromatic rings. The zero-order valence-electron chi connectivity index (χ0n) is 5.60. The molecule has 1 aliphatic heterocycles. The van der Waals surface area contributed by atoms with Gasteiger partial charge in [0.25, 0.3) is 0 Å². The van der Waals surface area contributed by atoms with Crippen molar-refractivity contribution >= 4 is 0 Å². The predicted octanol–water partition coefficient (Wildman–Crippen LogP) is 0.0188. The Bertz CT molecular complexity index is 68.7. The lowest BCUT2D eigenvalue weighted by Gasteiger charge is -2.21. The molecule has 0 radical (unpaired) electrons. The fourth-order valence-electron chi connectivity index (χ4n) is 1.18. The van der Waals surface area contributed by atoms with Crippen LogP contribution in [0.3, 0.4) is 0 Å². The number of hydrogen-bond acceptors (Lipinski definition) is 3. The van der Waals surface area contributed by atoms with E-state index in [9.17, 15) is 0 Å².